The van der Waals surface area contributed by atoms with Crippen molar-refractivity contribution in [1.82, 2.24) is 9.80 Å². The number of likely N-dealkylation sites (N-methyl/N-ethyl adjacent to an activating group) is 1. The van der Waals surface area contributed by atoms with Crippen LogP contribution in [0.2, 0.25) is 0 Å². The number of piperidine rings is 1. The van der Waals surface area contributed by atoms with E-state index in [9.17, 15) is 44.7 Å². The zero-order valence-corrected chi connectivity index (χ0v) is 23.9. The Balaban J connectivity index is 2.03. The second-order valence-corrected chi connectivity index (χ2v) is 11.9. The maximum Gasteiger partial charge on any atom is 0.416 e. The molecule has 0 aromatic heterocycles. The summed E-state index contributed by atoms with van der Waals surface area (Å²) in [4.78, 5) is 29.1. The standard InChI is InChI=1S/C29H32F8N2O3/c1-26(2,3)42-25(41)39-10-9-23(21(15-39)20-8-7-19(30)14-22(20)31)38(6)24(40)27(4,5)16-11-17(28(32,33)34)13-18(12-16)29(35,36)37/h7-8,11-14,21,23H,9-10,15H2,1-6H3/t21-,23+/m0/s1. The van der Waals surface area contributed by atoms with Crippen LogP contribution in [0, 0.1) is 11.6 Å². The molecule has 42 heavy (non-hydrogen) atoms. The number of rotatable bonds is 4. The summed E-state index contributed by atoms with van der Waals surface area (Å²) in [6.45, 7) is 7.26. The van der Waals surface area contributed by atoms with Gasteiger partial charge < -0.3 is 14.5 Å². The topological polar surface area (TPSA) is 49.9 Å². The summed E-state index contributed by atoms with van der Waals surface area (Å²) in [6, 6.07) is 2.96. The Morgan fingerprint density at radius 2 is 1.38 bits per heavy atom. The molecule has 3 rings (SSSR count). The lowest BCUT2D eigenvalue weighted by Crippen LogP contribution is -2.55. The van der Waals surface area contributed by atoms with Crippen LogP contribution in [-0.2, 0) is 27.3 Å². The van der Waals surface area contributed by atoms with Crippen molar-refractivity contribution in [2.75, 3.05) is 20.1 Å². The Morgan fingerprint density at radius 1 is 0.857 bits per heavy atom. The number of benzene rings is 2. The van der Waals surface area contributed by atoms with Crippen LogP contribution in [0.1, 0.15) is 69.2 Å². The largest absolute Gasteiger partial charge is 0.444 e. The van der Waals surface area contributed by atoms with Crippen LogP contribution in [0.5, 0.6) is 0 Å². The SMILES string of the molecule is CN(C(=O)C(C)(C)c1cc(C(F)(F)F)cc(C(F)(F)F)c1)[C@@H]1CCN(C(=O)OC(C)(C)C)C[C@H]1c1ccc(F)cc1F. The molecule has 2 aromatic carbocycles. The summed E-state index contributed by atoms with van der Waals surface area (Å²) >= 11 is 0. The van der Waals surface area contributed by atoms with Crippen molar-refractivity contribution < 1.29 is 49.4 Å². The molecule has 0 spiro atoms. The third-order valence-electron chi connectivity index (χ3n) is 7.25. The number of carbonyl (C=O) groups is 2. The summed E-state index contributed by atoms with van der Waals surface area (Å²) in [5, 5.41) is 0. The Bertz CT molecular complexity index is 1300. The van der Waals surface area contributed by atoms with Crippen molar-refractivity contribution in [2.24, 2.45) is 0 Å². The van der Waals surface area contributed by atoms with Crippen LogP contribution >= 0.6 is 0 Å². The van der Waals surface area contributed by atoms with Gasteiger partial charge in [-0.1, -0.05) is 6.07 Å². The van der Waals surface area contributed by atoms with Crippen molar-refractivity contribution in [3.05, 3.63) is 70.3 Å². The third kappa shape index (κ3) is 7.33. The zero-order chi connectivity index (χ0) is 32.0. The number of ether oxygens (including phenoxy) is 1. The van der Waals surface area contributed by atoms with E-state index in [0.29, 0.717) is 18.2 Å². The Kier molecular flexibility index (Phi) is 8.97. The molecule has 1 aliphatic heterocycles. The summed E-state index contributed by atoms with van der Waals surface area (Å²) in [7, 11) is 1.31. The highest BCUT2D eigenvalue weighted by Gasteiger charge is 2.44. The molecule has 2 atom stereocenters. The molecule has 5 nitrogen and oxygen atoms in total. The lowest BCUT2D eigenvalue weighted by Gasteiger charge is -2.45. The van der Waals surface area contributed by atoms with Gasteiger partial charge in [0.25, 0.3) is 0 Å². The molecule has 1 aliphatic rings. The quantitative estimate of drug-likeness (QED) is 0.337. The van der Waals surface area contributed by atoms with Crippen molar-refractivity contribution >= 4 is 12.0 Å². The van der Waals surface area contributed by atoms with Gasteiger partial charge in [0.1, 0.15) is 17.2 Å². The lowest BCUT2D eigenvalue weighted by atomic mass is 9.79. The van der Waals surface area contributed by atoms with Crippen molar-refractivity contribution in [3.63, 3.8) is 0 Å². The third-order valence-corrected chi connectivity index (χ3v) is 7.25. The average molecular weight is 609 g/mol. The highest BCUT2D eigenvalue weighted by molar-refractivity contribution is 5.87. The van der Waals surface area contributed by atoms with Gasteiger partial charge in [-0.15, -0.1) is 0 Å². The Hall–Kier alpha value is -3.38. The molecule has 2 amide bonds. The first-order chi connectivity index (χ1) is 19.0. The maximum absolute atomic E-state index is 15.0. The number of carbonyl (C=O) groups excluding carboxylic acids is 2. The van der Waals surface area contributed by atoms with Crippen LogP contribution in [-0.4, -0.2) is 53.6 Å². The molecule has 0 bridgehead atoms. The second-order valence-electron chi connectivity index (χ2n) is 11.9. The Morgan fingerprint density at radius 3 is 1.86 bits per heavy atom. The van der Waals surface area contributed by atoms with E-state index < -0.39 is 75.7 Å². The van der Waals surface area contributed by atoms with Gasteiger partial charge in [0.2, 0.25) is 5.91 Å². The van der Waals surface area contributed by atoms with Crippen molar-refractivity contribution in [3.8, 4) is 0 Å². The van der Waals surface area contributed by atoms with E-state index in [2.05, 4.69) is 0 Å². The zero-order valence-electron chi connectivity index (χ0n) is 23.9. The molecule has 0 N–H and O–H groups in total. The number of likely N-dealkylation sites (tertiary alicyclic amines) is 1. The first-order valence-corrected chi connectivity index (χ1v) is 13.0. The van der Waals surface area contributed by atoms with Crippen LogP contribution in [0.25, 0.3) is 0 Å². The number of halogens is 8. The summed E-state index contributed by atoms with van der Waals surface area (Å²) < 4.78 is 115. The van der Waals surface area contributed by atoms with Crippen molar-refractivity contribution in [1.29, 1.82) is 0 Å². The minimum absolute atomic E-state index is 0.0203. The summed E-state index contributed by atoms with van der Waals surface area (Å²) in [6.07, 6.45) is -10.9. The Labute approximate surface area is 238 Å². The van der Waals surface area contributed by atoms with E-state index in [0.717, 1.165) is 11.0 Å². The second kappa shape index (κ2) is 11.4. The molecule has 2 aromatic rings. The fourth-order valence-corrected chi connectivity index (χ4v) is 5.03. The van der Waals surface area contributed by atoms with Crippen LogP contribution in [0.15, 0.2) is 36.4 Å². The van der Waals surface area contributed by atoms with Gasteiger partial charge in [-0.2, -0.15) is 26.3 Å². The number of nitrogens with zero attached hydrogens (tertiary/aromatic N) is 2. The van der Waals surface area contributed by atoms with Gasteiger partial charge in [0, 0.05) is 38.2 Å². The molecule has 1 saturated heterocycles. The first-order valence-electron chi connectivity index (χ1n) is 13.0. The van der Waals surface area contributed by atoms with Gasteiger partial charge in [0.15, 0.2) is 0 Å². The molecule has 0 radical (unpaired) electrons. The number of amides is 2. The van der Waals surface area contributed by atoms with Gasteiger partial charge >= 0.3 is 18.4 Å². The van der Waals surface area contributed by atoms with Gasteiger partial charge in [-0.3, -0.25) is 4.79 Å². The molecular weight excluding hydrogens is 576 g/mol. The van der Waals surface area contributed by atoms with Crippen LogP contribution < -0.4 is 0 Å². The number of alkyl halides is 6. The van der Waals surface area contributed by atoms with Crippen molar-refractivity contribution in [2.45, 2.75) is 76.4 Å². The molecule has 232 valence electrons. The maximum atomic E-state index is 15.0. The monoisotopic (exact) mass is 608 g/mol. The molecule has 0 unspecified atom stereocenters. The summed E-state index contributed by atoms with van der Waals surface area (Å²) in [5.41, 5.74) is -6.39. The van der Waals surface area contributed by atoms with E-state index in [4.69, 9.17) is 4.74 Å². The fourth-order valence-electron chi connectivity index (χ4n) is 5.03. The lowest BCUT2D eigenvalue weighted by molar-refractivity contribution is -0.144. The van der Waals surface area contributed by atoms with E-state index >= 15 is 0 Å². The highest BCUT2D eigenvalue weighted by Crippen LogP contribution is 2.41. The van der Waals surface area contributed by atoms with E-state index in [1.54, 1.807) is 20.8 Å². The smallest absolute Gasteiger partial charge is 0.416 e. The predicted octanol–water partition coefficient (Wildman–Crippen LogP) is 7.53. The molecule has 1 fully saturated rings. The number of hydrogen-bond acceptors (Lipinski definition) is 3. The average Bonchev–Trinajstić information content (AvgIpc) is 2.85. The van der Waals surface area contributed by atoms with Gasteiger partial charge in [-0.25, -0.2) is 13.6 Å². The molecule has 0 saturated carbocycles. The fraction of sp³-hybridized carbons (Fsp3) is 0.517. The van der Waals surface area contributed by atoms with E-state index in [1.165, 1.54) is 31.9 Å². The van der Waals surface area contributed by atoms with E-state index in [1.807, 2.05) is 0 Å². The van der Waals surface area contributed by atoms with Crippen LogP contribution in [0.3, 0.4) is 0 Å². The molecule has 13 heteroatoms. The van der Waals surface area contributed by atoms with E-state index in [-0.39, 0.29) is 31.1 Å². The highest BCUT2D eigenvalue weighted by atomic mass is 19.4. The minimum Gasteiger partial charge on any atom is -0.444 e. The van der Waals surface area contributed by atoms with Gasteiger partial charge in [-0.05, 0) is 76.4 Å². The normalized spacial score (nSPS) is 18.6. The first kappa shape index (κ1) is 33.1. The number of hydrogen-bond donors (Lipinski definition) is 0. The van der Waals surface area contributed by atoms with Crippen LogP contribution in [0.4, 0.5) is 39.9 Å². The minimum atomic E-state index is -5.11. The molecular formula is C29H32F8N2O3. The predicted molar refractivity (Wildman–Crippen MR) is 138 cm³/mol. The summed E-state index contributed by atoms with van der Waals surface area (Å²) in [5.74, 6) is -3.56. The molecule has 1 heterocycles. The van der Waals surface area contributed by atoms with Gasteiger partial charge in [0.05, 0.1) is 16.5 Å². The molecule has 0 aliphatic carbocycles.